The highest BCUT2D eigenvalue weighted by Crippen LogP contribution is 2.25. The van der Waals surface area contributed by atoms with Crippen molar-refractivity contribution in [3.63, 3.8) is 0 Å². The second-order valence-corrected chi connectivity index (χ2v) is 4.91. The predicted octanol–water partition coefficient (Wildman–Crippen LogP) is 0.196. The van der Waals surface area contributed by atoms with Crippen molar-refractivity contribution >= 4 is 5.91 Å². The van der Waals surface area contributed by atoms with Crippen molar-refractivity contribution in [1.29, 1.82) is 0 Å². The van der Waals surface area contributed by atoms with Crippen LogP contribution >= 0.6 is 0 Å². The first-order valence-corrected chi connectivity index (χ1v) is 6.48. The topological polar surface area (TPSA) is 44.4 Å². The Morgan fingerprint density at radius 2 is 1.81 bits per heavy atom. The first kappa shape index (κ1) is 11.9. The fourth-order valence-electron chi connectivity index (χ4n) is 2.77. The van der Waals surface area contributed by atoms with E-state index in [-0.39, 0.29) is 0 Å². The van der Waals surface area contributed by atoms with Crippen molar-refractivity contribution in [2.75, 3.05) is 33.2 Å². The van der Waals surface area contributed by atoms with Gasteiger partial charge in [-0.3, -0.25) is 4.79 Å². The van der Waals surface area contributed by atoms with Crippen LogP contribution in [0.15, 0.2) is 0 Å². The lowest BCUT2D eigenvalue weighted by Crippen LogP contribution is -2.49. The summed E-state index contributed by atoms with van der Waals surface area (Å²) in [5.41, 5.74) is 0. The normalized spacial score (nSPS) is 31.4. The van der Waals surface area contributed by atoms with Gasteiger partial charge in [-0.05, 0) is 32.7 Å². The summed E-state index contributed by atoms with van der Waals surface area (Å²) in [6.07, 6.45) is 4.43. The first-order valence-electron chi connectivity index (χ1n) is 6.48. The summed E-state index contributed by atoms with van der Waals surface area (Å²) >= 11 is 0. The van der Waals surface area contributed by atoms with Crippen molar-refractivity contribution in [3.8, 4) is 0 Å². The average Bonchev–Trinajstić information content (AvgIpc) is 2.39. The maximum atomic E-state index is 12.2. The minimum absolute atomic E-state index is 0.294. The molecule has 0 aromatic heterocycles. The summed E-state index contributed by atoms with van der Waals surface area (Å²) in [7, 11) is 2.02. The molecule has 0 unspecified atom stereocenters. The Labute approximate surface area is 97.8 Å². The van der Waals surface area contributed by atoms with E-state index < -0.39 is 0 Å². The van der Waals surface area contributed by atoms with Crippen LogP contribution in [0.4, 0.5) is 0 Å². The van der Waals surface area contributed by atoms with Crippen LogP contribution in [0.3, 0.4) is 0 Å². The van der Waals surface area contributed by atoms with Crippen molar-refractivity contribution in [3.05, 3.63) is 0 Å². The number of hydrogen-bond acceptors (Lipinski definition) is 3. The molecule has 4 heteroatoms. The fraction of sp³-hybridized carbons (Fsp3) is 0.917. The molecule has 92 valence electrons. The van der Waals surface area contributed by atoms with Gasteiger partial charge in [0.05, 0.1) is 0 Å². The minimum Gasteiger partial charge on any atom is -0.340 e. The molecule has 1 heterocycles. The van der Waals surface area contributed by atoms with Crippen molar-refractivity contribution < 1.29 is 4.79 Å². The fourth-order valence-corrected chi connectivity index (χ4v) is 2.77. The van der Waals surface area contributed by atoms with Crippen LogP contribution in [-0.2, 0) is 4.79 Å². The number of nitrogens with one attached hydrogen (secondary N) is 2. The number of nitrogens with zero attached hydrogens (tertiary/aromatic N) is 1. The quantitative estimate of drug-likeness (QED) is 0.705. The number of piperazine rings is 1. The lowest BCUT2D eigenvalue weighted by molar-refractivity contribution is -0.137. The molecule has 1 saturated carbocycles. The number of carbonyl (C=O) groups excluding carboxylic acids is 1. The van der Waals surface area contributed by atoms with Crippen LogP contribution in [0.2, 0.25) is 0 Å². The highest BCUT2D eigenvalue weighted by atomic mass is 16.2. The molecule has 1 amide bonds. The largest absolute Gasteiger partial charge is 0.340 e. The molecule has 2 N–H and O–H groups in total. The van der Waals surface area contributed by atoms with Crippen molar-refractivity contribution in [1.82, 2.24) is 15.5 Å². The van der Waals surface area contributed by atoms with Crippen LogP contribution < -0.4 is 10.6 Å². The van der Waals surface area contributed by atoms with Gasteiger partial charge >= 0.3 is 0 Å². The number of carbonyl (C=O) groups is 1. The Kier molecular flexibility index (Phi) is 4.18. The molecular weight excluding hydrogens is 202 g/mol. The lowest BCUT2D eigenvalue weighted by Gasteiger charge is -2.34. The molecule has 0 spiro atoms. The van der Waals surface area contributed by atoms with Crippen LogP contribution in [-0.4, -0.2) is 50.1 Å². The van der Waals surface area contributed by atoms with E-state index in [2.05, 4.69) is 10.6 Å². The second-order valence-electron chi connectivity index (χ2n) is 4.91. The van der Waals surface area contributed by atoms with Gasteiger partial charge in [-0.25, -0.2) is 0 Å². The molecule has 2 rings (SSSR count). The maximum Gasteiger partial charge on any atom is 0.225 e. The zero-order chi connectivity index (χ0) is 11.4. The molecule has 4 nitrogen and oxygen atoms in total. The van der Waals surface area contributed by atoms with Gasteiger partial charge in [-0.2, -0.15) is 0 Å². The Balaban J connectivity index is 1.81. The van der Waals surface area contributed by atoms with E-state index in [0.717, 1.165) is 51.9 Å². The smallest absolute Gasteiger partial charge is 0.225 e. The summed E-state index contributed by atoms with van der Waals surface area (Å²) in [5, 5.41) is 6.59. The SMILES string of the molecule is CNC1CCC(C(=O)N2CCNCC2)CC1. The highest BCUT2D eigenvalue weighted by Gasteiger charge is 2.29. The van der Waals surface area contributed by atoms with E-state index in [0.29, 0.717) is 17.9 Å². The summed E-state index contributed by atoms with van der Waals surface area (Å²) in [4.78, 5) is 14.3. The Morgan fingerprint density at radius 3 is 2.38 bits per heavy atom. The van der Waals surface area contributed by atoms with Crippen LogP contribution in [0.5, 0.6) is 0 Å². The number of amides is 1. The van der Waals surface area contributed by atoms with E-state index in [1.54, 1.807) is 0 Å². The van der Waals surface area contributed by atoms with Gasteiger partial charge in [0.2, 0.25) is 5.91 Å². The molecule has 1 aliphatic heterocycles. The Bertz CT molecular complexity index is 230. The molecule has 0 bridgehead atoms. The monoisotopic (exact) mass is 225 g/mol. The minimum atomic E-state index is 0.294. The summed E-state index contributed by atoms with van der Waals surface area (Å²) in [5.74, 6) is 0.693. The third-order valence-corrected chi connectivity index (χ3v) is 3.91. The molecule has 1 aliphatic carbocycles. The zero-order valence-electron chi connectivity index (χ0n) is 10.2. The summed E-state index contributed by atoms with van der Waals surface area (Å²) < 4.78 is 0. The van der Waals surface area contributed by atoms with E-state index in [1.165, 1.54) is 0 Å². The number of rotatable bonds is 2. The van der Waals surface area contributed by atoms with Gasteiger partial charge in [-0.1, -0.05) is 0 Å². The van der Waals surface area contributed by atoms with Crippen LogP contribution in [0, 0.1) is 5.92 Å². The van der Waals surface area contributed by atoms with Gasteiger partial charge in [0, 0.05) is 38.1 Å². The summed E-state index contributed by atoms with van der Waals surface area (Å²) in [6.45, 7) is 3.70. The molecule has 0 aromatic rings. The standard InChI is InChI=1S/C12H23N3O/c1-13-11-4-2-10(3-5-11)12(16)15-8-6-14-7-9-15/h10-11,13-14H,2-9H2,1H3. The Morgan fingerprint density at radius 1 is 1.19 bits per heavy atom. The lowest BCUT2D eigenvalue weighted by atomic mass is 9.85. The van der Waals surface area contributed by atoms with Crippen molar-refractivity contribution in [2.24, 2.45) is 5.92 Å². The molecule has 0 radical (unpaired) electrons. The van der Waals surface area contributed by atoms with E-state index in [9.17, 15) is 4.79 Å². The maximum absolute atomic E-state index is 12.2. The summed E-state index contributed by atoms with van der Waals surface area (Å²) in [6, 6.07) is 0.632. The Hall–Kier alpha value is -0.610. The van der Waals surface area contributed by atoms with Gasteiger partial charge in [0.25, 0.3) is 0 Å². The average molecular weight is 225 g/mol. The first-order chi connectivity index (χ1) is 7.81. The third kappa shape index (κ3) is 2.74. The second kappa shape index (κ2) is 5.64. The highest BCUT2D eigenvalue weighted by molar-refractivity contribution is 5.79. The third-order valence-electron chi connectivity index (χ3n) is 3.91. The van der Waals surface area contributed by atoms with Gasteiger partial charge in [0.15, 0.2) is 0 Å². The van der Waals surface area contributed by atoms with E-state index >= 15 is 0 Å². The van der Waals surface area contributed by atoms with Crippen molar-refractivity contribution in [2.45, 2.75) is 31.7 Å². The van der Waals surface area contributed by atoms with E-state index in [1.807, 2.05) is 11.9 Å². The molecule has 16 heavy (non-hydrogen) atoms. The van der Waals surface area contributed by atoms with Crippen LogP contribution in [0.25, 0.3) is 0 Å². The molecular formula is C12H23N3O. The molecule has 0 atom stereocenters. The molecule has 0 aromatic carbocycles. The predicted molar refractivity (Wildman–Crippen MR) is 64.3 cm³/mol. The van der Waals surface area contributed by atoms with Gasteiger partial charge in [0.1, 0.15) is 0 Å². The molecule has 2 fully saturated rings. The van der Waals surface area contributed by atoms with Crippen LogP contribution in [0.1, 0.15) is 25.7 Å². The van der Waals surface area contributed by atoms with E-state index in [4.69, 9.17) is 0 Å². The molecule has 2 aliphatic rings. The van der Waals surface area contributed by atoms with Gasteiger partial charge < -0.3 is 15.5 Å². The molecule has 1 saturated heterocycles. The van der Waals surface area contributed by atoms with Gasteiger partial charge in [-0.15, -0.1) is 0 Å². The number of hydrogen-bond donors (Lipinski definition) is 2. The zero-order valence-corrected chi connectivity index (χ0v) is 10.2.